The van der Waals surface area contributed by atoms with Gasteiger partial charge in [-0.2, -0.15) is 0 Å². The van der Waals surface area contributed by atoms with Crippen LogP contribution in [-0.2, 0) is 6.54 Å². The highest BCUT2D eigenvalue weighted by Gasteiger charge is 2.07. The van der Waals surface area contributed by atoms with Gasteiger partial charge in [0.25, 0.3) is 0 Å². The molecule has 0 spiro atoms. The van der Waals surface area contributed by atoms with E-state index in [1.54, 1.807) is 11.3 Å². The van der Waals surface area contributed by atoms with Gasteiger partial charge in [0, 0.05) is 33.9 Å². The first-order chi connectivity index (χ1) is 8.70. The molecule has 3 nitrogen and oxygen atoms in total. The van der Waals surface area contributed by atoms with Gasteiger partial charge in [0.2, 0.25) is 0 Å². The molecule has 0 atom stereocenters. The molecule has 0 bridgehead atoms. The zero-order chi connectivity index (χ0) is 13.0. The van der Waals surface area contributed by atoms with Crippen molar-refractivity contribution in [2.24, 2.45) is 0 Å². The van der Waals surface area contributed by atoms with Crippen LogP contribution >= 0.6 is 27.3 Å². The van der Waals surface area contributed by atoms with E-state index >= 15 is 0 Å². The summed E-state index contributed by atoms with van der Waals surface area (Å²) in [6, 6.07) is 2.05. The Labute approximate surface area is 120 Å². The van der Waals surface area contributed by atoms with E-state index in [4.69, 9.17) is 0 Å². The van der Waals surface area contributed by atoms with Crippen molar-refractivity contribution in [2.45, 2.75) is 26.8 Å². The summed E-state index contributed by atoms with van der Waals surface area (Å²) in [5, 5.41) is 5.42. The Morgan fingerprint density at radius 2 is 2.28 bits per heavy atom. The third-order valence-corrected chi connectivity index (χ3v) is 4.30. The third kappa shape index (κ3) is 3.37. The predicted octanol–water partition coefficient (Wildman–Crippen LogP) is 3.78. The van der Waals surface area contributed by atoms with Crippen molar-refractivity contribution in [1.29, 1.82) is 0 Å². The summed E-state index contributed by atoms with van der Waals surface area (Å²) in [6.07, 6.45) is 3.06. The molecule has 0 aliphatic rings. The van der Waals surface area contributed by atoms with Gasteiger partial charge in [-0.05, 0) is 41.9 Å². The minimum atomic E-state index is 0.808. The summed E-state index contributed by atoms with van der Waals surface area (Å²) in [5.74, 6) is 0.808. The van der Waals surface area contributed by atoms with Crippen LogP contribution < -0.4 is 5.32 Å². The van der Waals surface area contributed by atoms with Gasteiger partial charge in [0.15, 0.2) is 5.82 Å². The molecular weight excluding hydrogens is 310 g/mol. The second-order valence-electron chi connectivity index (χ2n) is 4.11. The molecule has 2 rings (SSSR count). The summed E-state index contributed by atoms with van der Waals surface area (Å²) in [6.45, 7) is 6.07. The van der Waals surface area contributed by atoms with E-state index < -0.39 is 0 Å². The molecule has 0 radical (unpaired) electrons. The summed E-state index contributed by atoms with van der Waals surface area (Å²) in [7, 11) is 0. The normalized spacial score (nSPS) is 10.8. The number of nitrogens with zero attached hydrogens (tertiary/aromatic N) is 2. The topological polar surface area (TPSA) is 37.8 Å². The van der Waals surface area contributed by atoms with Crippen molar-refractivity contribution in [3.63, 3.8) is 0 Å². The SMILES string of the molecule is CCCNCc1cnc(-c2cc(Br)cs2)nc1C. The largest absolute Gasteiger partial charge is 0.313 e. The van der Waals surface area contributed by atoms with Crippen LogP contribution in [0.5, 0.6) is 0 Å². The minimum absolute atomic E-state index is 0.808. The molecule has 1 N–H and O–H groups in total. The Hall–Kier alpha value is -0.780. The molecule has 0 saturated heterocycles. The first-order valence-electron chi connectivity index (χ1n) is 5.98. The maximum atomic E-state index is 4.57. The average Bonchev–Trinajstić information content (AvgIpc) is 2.78. The van der Waals surface area contributed by atoms with Crippen LogP contribution in [0.2, 0.25) is 0 Å². The Kier molecular flexibility index (Phi) is 4.86. The van der Waals surface area contributed by atoms with Crippen molar-refractivity contribution in [2.75, 3.05) is 6.54 Å². The number of hydrogen-bond acceptors (Lipinski definition) is 4. The molecule has 0 aliphatic carbocycles. The molecule has 18 heavy (non-hydrogen) atoms. The summed E-state index contributed by atoms with van der Waals surface area (Å²) < 4.78 is 1.08. The van der Waals surface area contributed by atoms with Crippen LogP contribution in [0.1, 0.15) is 24.6 Å². The molecule has 0 fully saturated rings. The highest BCUT2D eigenvalue weighted by Crippen LogP contribution is 2.27. The van der Waals surface area contributed by atoms with Crippen molar-refractivity contribution in [3.8, 4) is 10.7 Å². The van der Waals surface area contributed by atoms with Crippen molar-refractivity contribution in [1.82, 2.24) is 15.3 Å². The number of aryl methyl sites for hydroxylation is 1. The Morgan fingerprint density at radius 1 is 1.44 bits per heavy atom. The fraction of sp³-hybridized carbons (Fsp3) is 0.385. The van der Waals surface area contributed by atoms with Gasteiger partial charge in [0.1, 0.15) is 0 Å². The lowest BCUT2D eigenvalue weighted by molar-refractivity contribution is 0.669. The van der Waals surface area contributed by atoms with Gasteiger partial charge in [-0.1, -0.05) is 6.92 Å². The minimum Gasteiger partial charge on any atom is -0.313 e. The molecule has 2 aromatic heterocycles. The molecule has 2 heterocycles. The fourth-order valence-electron chi connectivity index (χ4n) is 1.61. The number of aromatic nitrogens is 2. The maximum absolute atomic E-state index is 4.57. The summed E-state index contributed by atoms with van der Waals surface area (Å²) in [4.78, 5) is 10.1. The lowest BCUT2D eigenvalue weighted by Crippen LogP contribution is -2.15. The van der Waals surface area contributed by atoms with Crippen molar-refractivity contribution in [3.05, 3.63) is 33.4 Å². The number of thiophene rings is 1. The van der Waals surface area contributed by atoms with Crippen molar-refractivity contribution < 1.29 is 0 Å². The van der Waals surface area contributed by atoms with Gasteiger partial charge in [0.05, 0.1) is 4.88 Å². The molecule has 0 amide bonds. The highest BCUT2D eigenvalue weighted by molar-refractivity contribution is 9.10. The van der Waals surface area contributed by atoms with E-state index in [0.29, 0.717) is 0 Å². The highest BCUT2D eigenvalue weighted by atomic mass is 79.9. The van der Waals surface area contributed by atoms with E-state index in [-0.39, 0.29) is 0 Å². The molecule has 0 aliphatic heterocycles. The maximum Gasteiger partial charge on any atom is 0.169 e. The Balaban J connectivity index is 2.14. The number of halogens is 1. The standard InChI is InChI=1S/C13H16BrN3S/c1-3-4-15-6-10-7-16-13(17-9(10)2)12-5-11(14)8-18-12/h5,7-8,15H,3-4,6H2,1-2H3. The van der Waals surface area contributed by atoms with E-state index in [2.05, 4.69) is 44.2 Å². The fourth-order valence-corrected chi connectivity index (χ4v) is 2.98. The molecule has 2 aromatic rings. The first-order valence-corrected chi connectivity index (χ1v) is 7.65. The van der Waals surface area contributed by atoms with Gasteiger partial charge in [-0.25, -0.2) is 9.97 Å². The van der Waals surface area contributed by atoms with Gasteiger partial charge < -0.3 is 5.32 Å². The van der Waals surface area contributed by atoms with Gasteiger partial charge in [-0.3, -0.25) is 0 Å². The van der Waals surface area contributed by atoms with E-state index in [1.807, 2.05) is 18.5 Å². The van der Waals surface area contributed by atoms with Crippen LogP contribution in [0.3, 0.4) is 0 Å². The van der Waals surface area contributed by atoms with E-state index in [1.165, 1.54) is 5.56 Å². The molecule has 0 unspecified atom stereocenters. The number of rotatable bonds is 5. The Bertz CT molecular complexity index is 525. The zero-order valence-corrected chi connectivity index (χ0v) is 12.9. The van der Waals surface area contributed by atoms with Crippen LogP contribution in [0.15, 0.2) is 22.1 Å². The number of nitrogens with one attached hydrogen (secondary N) is 1. The van der Waals surface area contributed by atoms with Gasteiger partial charge in [-0.15, -0.1) is 11.3 Å². The molecular formula is C13H16BrN3S. The predicted molar refractivity (Wildman–Crippen MR) is 79.8 cm³/mol. The molecule has 0 aromatic carbocycles. The smallest absolute Gasteiger partial charge is 0.169 e. The molecule has 5 heteroatoms. The van der Waals surface area contributed by atoms with Crippen molar-refractivity contribution >= 4 is 27.3 Å². The second kappa shape index (κ2) is 6.41. The lowest BCUT2D eigenvalue weighted by Gasteiger charge is -2.07. The monoisotopic (exact) mass is 325 g/mol. The molecule has 96 valence electrons. The van der Waals surface area contributed by atoms with Crippen LogP contribution in [0.4, 0.5) is 0 Å². The summed E-state index contributed by atoms with van der Waals surface area (Å²) >= 11 is 5.10. The zero-order valence-electron chi connectivity index (χ0n) is 10.5. The van der Waals surface area contributed by atoms with Crippen LogP contribution in [-0.4, -0.2) is 16.5 Å². The number of hydrogen-bond donors (Lipinski definition) is 1. The van der Waals surface area contributed by atoms with Crippen LogP contribution in [0, 0.1) is 6.92 Å². The van der Waals surface area contributed by atoms with E-state index in [9.17, 15) is 0 Å². The lowest BCUT2D eigenvalue weighted by atomic mass is 10.2. The molecule has 0 saturated carbocycles. The average molecular weight is 326 g/mol. The van der Waals surface area contributed by atoms with E-state index in [0.717, 1.165) is 40.4 Å². The first kappa shape index (κ1) is 13.6. The third-order valence-electron chi connectivity index (χ3n) is 2.61. The Morgan fingerprint density at radius 3 is 2.89 bits per heavy atom. The second-order valence-corrected chi connectivity index (χ2v) is 5.94. The van der Waals surface area contributed by atoms with Gasteiger partial charge >= 0.3 is 0 Å². The van der Waals surface area contributed by atoms with Crippen LogP contribution in [0.25, 0.3) is 10.7 Å². The quantitative estimate of drug-likeness (QED) is 0.850. The summed E-state index contributed by atoms with van der Waals surface area (Å²) in [5.41, 5.74) is 2.22.